The first-order chi connectivity index (χ1) is 8.05. The van der Waals surface area contributed by atoms with Crippen molar-refractivity contribution in [1.29, 1.82) is 0 Å². The fourth-order valence-electron chi connectivity index (χ4n) is 1.84. The first-order valence-electron chi connectivity index (χ1n) is 5.42. The molecule has 88 valence electrons. The number of nitrogens with two attached hydrogens (primary N) is 1. The number of carbonyl (C=O) groups is 1. The number of rotatable bonds is 2. The number of hydrogen-bond donors (Lipinski definition) is 1. The van der Waals surface area contributed by atoms with Crippen LogP contribution in [0.3, 0.4) is 0 Å². The Balaban J connectivity index is 2.53. The quantitative estimate of drug-likeness (QED) is 0.803. The molecule has 0 saturated heterocycles. The van der Waals surface area contributed by atoms with Crippen molar-refractivity contribution in [2.75, 3.05) is 7.11 Å². The van der Waals surface area contributed by atoms with E-state index >= 15 is 0 Å². The highest BCUT2D eigenvalue weighted by Crippen LogP contribution is 2.24. The molecule has 3 nitrogen and oxygen atoms in total. The largest absolute Gasteiger partial charge is 0.467 e. The van der Waals surface area contributed by atoms with E-state index in [0.717, 1.165) is 16.3 Å². The normalized spacial score (nSPS) is 14.3. The second-order valence-corrected chi connectivity index (χ2v) is 4.26. The van der Waals surface area contributed by atoms with E-state index in [9.17, 15) is 4.79 Å². The summed E-state index contributed by atoms with van der Waals surface area (Å²) in [4.78, 5) is 11.6. The van der Waals surface area contributed by atoms with Crippen LogP contribution >= 0.6 is 0 Å². The van der Waals surface area contributed by atoms with Crippen LogP contribution in [0.25, 0.3) is 10.8 Å². The lowest BCUT2D eigenvalue weighted by Crippen LogP contribution is -2.42. The molecule has 0 aromatic heterocycles. The van der Waals surface area contributed by atoms with Crippen LogP contribution in [0.2, 0.25) is 0 Å². The number of ether oxygens (including phenoxy) is 1. The van der Waals surface area contributed by atoms with Gasteiger partial charge >= 0.3 is 5.97 Å². The Morgan fingerprint density at radius 1 is 1.18 bits per heavy atom. The van der Waals surface area contributed by atoms with E-state index in [1.165, 1.54) is 7.11 Å². The molecule has 1 atom stereocenters. The summed E-state index contributed by atoms with van der Waals surface area (Å²) in [5, 5.41) is 2.18. The molecule has 0 heterocycles. The van der Waals surface area contributed by atoms with Crippen molar-refractivity contribution in [3.63, 3.8) is 0 Å². The maximum absolute atomic E-state index is 11.6. The number of carbonyl (C=O) groups excluding carboxylic acids is 1. The SMILES string of the molecule is COC(=O)C(C)(N)c1ccc2ccccc2c1. The Morgan fingerprint density at radius 2 is 1.82 bits per heavy atom. The van der Waals surface area contributed by atoms with Crippen molar-refractivity contribution in [3.8, 4) is 0 Å². The van der Waals surface area contributed by atoms with Gasteiger partial charge in [-0.25, -0.2) is 4.79 Å². The number of methoxy groups -OCH3 is 1. The van der Waals surface area contributed by atoms with E-state index < -0.39 is 11.5 Å². The van der Waals surface area contributed by atoms with Gasteiger partial charge in [-0.3, -0.25) is 0 Å². The summed E-state index contributed by atoms with van der Waals surface area (Å²) in [6.45, 7) is 1.66. The lowest BCUT2D eigenvalue weighted by Gasteiger charge is -2.22. The van der Waals surface area contributed by atoms with Gasteiger partial charge in [0, 0.05) is 0 Å². The molecule has 0 aliphatic carbocycles. The summed E-state index contributed by atoms with van der Waals surface area (Å²) in [6, 6.07) is 13.7. The average Bonchev–Trinajstić information content (AvgIpc) is 2.37. The third-order valence-corrected chi connectivity index (χ3v) is 2.96. The Morgan fingerprint density at radius 3 is 2.47 bits per heavy atom. The molecule has 0 aliphatic rings. The number of benzene rings is 2. The minimum absolute atomic E-state index is 0.437. The summed E-state index contributed by atoms with van der Waals surface area (Å²) in [5.74, 6) is -0.437. The predicted octanol–water partition coefficient (Wildman–Crippen LogP) is 2.19. The molecule has 0 spiro atoms. The van der Waals surface area contributed by atoms with E-state index in [0.29, 0.717) is 0 Å². The van der Waals surface area contributed by atoms with Gasteiger partial charge < -0.3 is 10.5 Å². The number of esters is 1. The van der Waals surface area contributed by atoms with E-state index in [1.54, 1.807) is 6.92 Å². The standard InChI is InChI=1S/C14H15NO2/c1-14(15,13(16)17-2)12-8-7-10-5-3-4-6-11(10)9-12/h3-9H,15H2,1-2H3. The molecule has 0 amide bonds. The number of fused-ring (bicyclic) bond motifs is 1. The van der Waals surface area contributed by atoms with Crippen LogP contribution in [-0.4, -0.2) is 13.1 Å². The van der Waals surface area contributed by atoms with Crippen LogP contribution in [0.4, 0.5) is 0 Å². The van der Waals surface area contributed by atoms with Crippen LogP contribution in [0, 0.1) is 0 Å². The highest BCUT2D eigenvalue weighted by molar-refractivity contribution is 5.87. The average molecular weight is 229 g/mol. The minimum atomic E-state index is -1.11. The topological polar surface area (TPSA) is 52.3 Å². The maximum atomic E-state index is 11.6. The van der Waals surface area contributed by atoms with Gasteiger partial charge in [-0.2, -0.15) is 0 Å². The van der Waals surface area contributed by atoms with E-state index in [2.05, 4.69) is 0 Å². The third kappa shape index (κ3) is 2.01. The molecule has 3 heteroatoms. The monoisotopic (exact) mass is 229 g/mol. The van der Waals surface area contributed by atoms with Crippen LogP contribution < -0.4 is 5.73 Å². The van der Waals surface area contributed by atoms with E-state index in [1.807, 2.05) is 42.5 Å². The molecule has 0 radical (unpaired) electrons. The van der Waals surface area contributed by atoms with Crippen LogP contribution in [0.15, 0.2) is 42.5 Å². The summed E-state index contributed by atoms with van der Waals surface area (Å²) >= 11 is 0. The third-order valence-electron chi connectivity index (χ3n) is 2.96. The zero-order chi connectivity index (χ0) is 12.5. The fraction of sp³-hybridized carbons (Fsp3) is 0.214. The minimum Gasteiger partial charge on any atom is -0.467 e. The first kappa shape index (κ1) is 11.6. The predicted molar refractivity (Wildman–Crippen MR) is 67.5 cm³/mol. The van der Waals surface area contributed by atoms with Gasteiger partial charge in [0.05, 0.1) is 7.11 Å². The van der Waals surface area contributed by atoms with Crippen molar-refractivity contribution in [1.82, 2.24) is 0 Å². The molecule has 1 unspecified atom stereocenters. The van der Waals surface area contributed by atoms with Crippen molar-refractivity contribution in [2.24, 2.45) is 5.73 Å². The van der Waals surface area contributed by atoms with Crippen molar-refractivity contribution >= 4 is 16.7 Å². The molecule has 2 rings (SSSR count). The highest BCUT2D eigenvalue weighted by Gasteiger charge is 2.31. The van der Waals surface area contributed by atoms with Gasteiger partial charge in [0.15, 0.2) is 0 Å². The Hall–Kier alpha value is -1.87. The van der Waals surface area contributed by atoms with Gasteiger partial charge in [0.25, 0.3) is 0 Å². The molecule has 17 heavy (non-hydrogen) atoms. The molecule has 0 bridgehead atoms. The van der Waals surface area contributed by atoms with E-state index in [4.69, 9.17) is 10.5 Å². The van der Waals surface area contributed by atoms with Crippen LogP contribution in [0.5, 0.6) is 0 Å². The summed E-state index contributed by atoms with van der Waals surface area (Å²) in [5.41, 5.74) is 5.65. The lowest BCUT2D eigenvalue weighted by atomic mass is 9.91. The number of hydrogen-bond acceptors (Lipinski definition) is 3. The summed E-state index contributed by atoms with van der Waals surface area (Å²) in [7, 11) is 1.34. The Bertz CT molecular complexity index is 561. The molecule has 2 N–H and O–H groups in total. The van der Waals surface area contributed by atoms with Gasteiger partial charge in [-0.15, -0.1) is 0 Å². The molecule has 0 aliphatic heterocycles. The van der Waals surface area contributed by atoms with Crippen LogP contribution in [0.1, 0.15) is 12.5 Å². The zero-order valence-electron chi connectivity index (χ0n) is 9.94. The van der Waals surface area contributed by atoms with Crippen molar-refractivity contribution < 1.29 is 9.53 Å². The molecule has 0 saturated carbocycles. The molecule has 0 fully saturated rings. The molecule has 2 aromatic rings. The maximum Gasteiger partial charge on any atom is 0.330 e. The summed E-state index contributed by atoms with van der Waals surface area (Å²) < 4.78 is 4.72. The Labute approximate surface area is 100 Å². The fourth-order valence-corrected chi connectivity index (χ4v) is 1.84. The second-order valence-electron chi connectivity index (χ2n) is 4.26. The zero-order valence-corrected chi connectivity index (χ0v) is 9.94. The Kier molecular flexibility index (Phi) is 2.86. The molecular formula is C14H15NO2. The first-order valence-corrected chi connectivity index (χ1v) is 5.42. The lowest BCUT2D eigenvalue weighted by molar-refractivity contribution is -0.146. The highest BCUT2D eigenvalue weighted by atomic mass is 16.5. The second kappa shape index (κ2) is 4.18. The smallest absolute Gasteiger partial charge is 0.330 e. The van der Waals surface area contributed by atoms with Crippen LogP contribution in [-0.2, 0) is 15.1 Å². The van der Waals surface area contributed by atoms with Gasteiger partial charge in [0.1, 0.15) is 5.54 Å². The van der Waals surface area contributed by atoms with E-state index in [-0.39, 0.29) is 0 Å². The summed E-state index contributed by atoms with van der Waals surface area (Å²) in [6.07, 6.45) is 0. The van der Waals surface area contributed by atoms with Gasteiger partial charge in [-0.05, 0) is 29.3 Å². The molecular weight excluding hydrogens is 214 g/mol. The molecule has 2 aromatic carbocycles. The van der Waals surface area contributed by atoms with Crippen molar-refractivity contribution in [3.05, 3.63) is 48.0 Å². The van der Waals surface area contributed by atoms with Gasteiger partial charge in [0.2, 0.25) is 0 Å². The van der Waals surface area contributed by atoms with Crippen molar-refractivity contribution in [2.45, 2.75) is 12.5 Å². The van der Waals surface area contributed by atoms with Gasteiger partial charge in [-0.1, -0.05) is 36.4 Å².